The molecule has 4 rings (SSSR count). The number of fused-ring (bicyclic) bond motifs is 1. The van der Waals surface area contributed by atoms with Crippen LogP contribution in [-0.2, 0) is 6.61 Å². The molecule has 0 aliphatic carbocycles. The monoisotopic (exact) mass is 608 g/mol. The fourth-order valence-corrected chi connectivity index (χ4v) is 4.11. The van der Waals surface area contributed by atoms with Crippen molar-refractivity contribution in [3.05, 3.63) is 91.2 Å². The second-order valence-corrected chi connectivity index (χ2v) is 9.23. The Morgan fingerprint density at radius 3 is 2.50 bits per heavy atom. The predicted octanol–water partition coefficient (Wildman–Crippen LogP) is 7.09. The second kappa shape index (κ2) is 11.1. The SMILES string of the molecule is CCOc1ccc2oc(C(=O)N/N=C/c3cc(Cl)c(OCc4ccc(I)cc4)c(Cl)c3)cc2c1. The molecule has 4 aromatic rings. The molecule has 9 heteroatoms. The Kier molecular flexibility index (Phi) is 7.97. The zero-order chi connectivity index (χ0) is 24.1. The van der Waals surface area contributed by atoms with Crippen molar-refractivity contribution in [3.8, 4) is 11.5 Å². The number of hydrogen-bond acceptors (Lipinski definition) is 5. The van der Waals surface area contributed by atoms with Crippen LogP contribution in [0.1, 0.15) is 28.6 Å². The highest BCUT2D eigenvalue weighted by Gasteiger charge is 2.13. The van der Waals surface area contributed by atoms with Gasteiger partial charge in [0, 0.05) is 8.96 Å². The molecule has 6 nitrogen and oxygen atoms in total. The lowest BCUT2D eigenvalue weighted by molar-refractivity contribution is 0.0929. The van der Waals surface area contributed by atoms with Crippen LogP contribution in [0.5, 0.6) is 11.5 Å². The molecule has 1 aromatic heterocycles. The lowest BCUT2D eigenvalue weighted by Gasteiger charge is -2.11. The first kappa shape index (κ1) is 24.4. The molecule has 0 fully saturated rings. The molecule has 1 amide bonds. The number of rotatable bonds is 8. The lowest BCUT2D eigenvalue weighted by atomic mass is 10.2. The molecule has 0 atom stereocenters. The number of furan rings is 1. The fourth-order valence-electron chi connectivity index (χ4n) is 3.14. The summed E-state index contributed by atoms with van der Waals surface area (Å²) in [6, 6.07) is 18.3. The van der Waals surface area contributed by atoms with Gasteiger partial charge in [-0.3, -0.25) is 4.79 Å². The van der Waals surface area contributed by atoms with Crippen LogP contribution in [-0.4, -0.2) is 18.7 Å². The van der Waals surface area contributed by atoms with E-state index in [4.69, 9.17) is 37.1 Å². The van der Waals surface area contributed by atoms with Gasteiger partial charge in [0.1, 0.15) is 17.9 Å². The van der Waals surface area contributed by atoms with E-state index in [1.54, 1.807) is 30.3 Å². The van der Waals surface area contributed by atoms with Gasteiger partial charge in [-0.25, -0.2) is 5.43 Å². The van der Waals surface area contributed by atoms with Crippen LogP contribution in [0.25, 0.3) is 11.0 Å². The number of nitrogens with zero attached hydrogens (tertiary/aromatic N) is 1. The summed E-state index contributed by atoms with van der Waals surface area (Å²) in [5, 5.41) is 5.43. The van der Waals surface area contributed by atoms with Gasteiger partial charge in [0.15, 0.2) is 11.5 Å². The minimum Gasteiger partial charge on any atom is -0.494 e. The van der Waals surface area contributed by atoms with Crippen molar-refractivity contribution in [2.24, 2.45) is 5.10 Å². The van der Waals surface area contributed by atoms with Crippen molar-refractivity contribution in [1.82, 2.24) is 5.43 Å². The van der Waals surface area contributed by atoms with Crippen LogP contribution in [0, 0.1) is 3.57 Å². The number of carbonyl (C=O) groups is 1. The number of benzene rings is 3. The Hall–Kier alpha value is -2.75. The third-order valence-electron chi connectivity index (χ3n) is 4.72. The van der Waals surface area contributed by atoms with E-state index in [2.05, 4.69) is 33.1 Å². The Labute approximate surface area is 220 Å². The first-order valence-electron chi connectivity index (χ1n) is 10.3. The highest BCUT2D eigenvalue weighted by molar-refractivity contribution is 14.1. The van der Waals surface area contributed by atoms with E-state index in [9.17, 15) is 4.79 Å². The molecular weight excluding hydrogens is 590 g/mol. The molecule has 0 bridgehead atoms. The molecule has 0 radical (unpaired) electrons. The number of carbonyl (C=O) groups excluding carboxylic acids is 1. The van der Waals surface area contributed by atoms with Gasteiger partial charge in [0.05, 0.1) is 22.9 Å². The average Bonchev–Trinajstić information content (AvgIpc) is 3.23. The molecule has 34 heavy (non-hydrogen) atoms. The van der Waals surface area contributed by atoms with Crippen LogP contribution in [0.15, 0.2) is 70.2 Å². The van der Waals surface area contributed by atoms with E-state index in [1.807, 2.05) is 37.3 Å². The van der Waals surface area contributed by atoms with Crippen molar-refractivity contribution in [2.75, 3.05) is 6.61 Å². The Morgan fingerprint density at radius 1 is 1.06 bits per heavy atom. The van der Waals surface area contributed by atoms with Crippen LogP contribution in [0.3, 0.4) is 0 Å². The number of nitrogens with one attached hydrogen (secondary N) is 1. The third kappa shape index (κ3) is 6.02. The van der Waals surface area contributed by atoms with Gasteiger partial charge in [-0.1, -0.05) is 35.3 Å². The topological polar surface area (TPSA) is 73.1 Å². The maximum atomic E-state index is 12.4. The Bertz CT molecular complexity index is 1330. The molecule has 0 unspecified atom stereocenters. The molecule has 0 saturated heterocycles. The Morgan fingerprint density at radius 2 is 1.79 bits per heavy atom. The summed E-state index contributed by atoms with van der Waals surface area (Å²) < 4.78 is 18.0. The molecule has 1 heterocycles. The summed E-state index contributed by atoms with van der Waals surface area (Å²) in [6.45, 7) is 2.80. The second-order valence-electron chi connectivity index (χ2n) is 7.17. The van der Waals surface area contributed by atoms with Crippen molar-refractivity contribution < 1.29 is 18.7 Å². The largest absolute Gasteiger partial charge is 0.494 e. The first-order valence-corrected chi connectivity index (χ1v) is 12.1. The highest BCUT2D eigenvalue weighted by atomic mass is 127. The summed E-state index contributed by atoms with van der Waals surface area (Å²) in [6.07, 6.45) is 1.44. The van der Waals surface area contributed by atoms with Gasteiger partial charge < -0.3 is 13.9 Å². The average molecular weight is 609 g/mol. The summed E-state index contributed by atoms with van der Waals surface area (Å²) in [4.78, 5) is 12.4. The predicted molar refractivity (Wildman–Crippen MR) is 142 cm³/mol. The maximum Gasteiger partial charge on any atom is 0.307 e. The number of hydrazone groups is 1. The molecule has 3 aromatic carbocycles. The van der Waals surface area contributed by atoms with Crippen molar-refractivity contribution in [3.63, 3.8) is 0 Å². The fraction of sp³-hybridized carbons (Fsp3) is 0.120. The van der Waals surface area contributed by atoms with Crippen LogP contribution < -0.4 is 14.9 Å². The molecule has 0 spiro atoms. The minimum atomic E-state index is -0.486. The van der Waals surface area contributed by atoms with Gasteiger partial charge in [-0.15, -0.1) is 0 Å². The summed E-state index contributed by atoms with van der Waals surface area (Å²) in [7, 11) is 0. The van der Waals surface area contributed by atoms with Gasteiger partial charge >= 0.3 is 5.91 Å². The first-order chi connectivity index (χ1) is 16.4. The summed E-state index contributed by atoms with van der Waals surface area (Å²) in [5.74, 6) is 0.744. The van der Waals surface area contributed by atoms with E-state index in [0.717, 1.165) is 14.5 Å². The number of amides is 1. The zero-order valence-corrected chi connectivity index (χ0v) is 21.6. The van der Waals surface area contributed by atoms with Crippen LogP contribution in [0.2, 0.25) is 10.0 Å². The number of hydrogen-bond donors (Lipinski definition) is 1. The van der Waals surface area contributed by atoms with Crippen LogP contribution >= 0.6 is 45.8 Å². The van der Waals surface area contributed by atoms with E-state index in [-0.39, 0.29) is 5.76 Å². The molecule has 174 valence electrons. The maximum absolute atomic E-state index is 12.4. The molecule has 0 saturated carbocycles. The molecular formula is C25H19Cl2IN2O4. The van der Waals surface area contributed by atoms with Gasteiger partial charge in [0.25, 0.3) is 0 Å². The van der Waals surface area contributed by atoms with E-state index in [0.29, 0.717) is 45.9 Å². The van der Waals surface area contributed by atoms with E-state index in [1.165, 1.54) is 6.21 Å². The molecule has 0 aliphatic heterocycles. The standard InChI is InChI=1S/C25H19Cl2IN2O4/c1-2-32-19-7-8-22-17(11-19)12-23(34-22)25(31)30-29-13-16-9-20(26)24(21(27)10-16)33-14-15-3-5-18(28)6-4-15/h3-13H,2,14H2,1H3,(H,30,31)/b29-13+. The van der Waals surface area contributed by atoms with Crippen molar-refractivity contribution in [1.29, 1.82) is 0 Å². The quantitative estimate of drug-likeness (QED) is 0.132. The normalized spacial score (nSPS) is 11.2. The minimum absolute atomic E-state index is 0.135. The molecule has 0 aliphatic rings. The lowest BCUT2D eigenvalue weighted by Crippen LogP contribution is -2.16. The number of ether oxygens (including phenoxy) is 2. The smallest absolute Gasteiger partial charge is 0.307 e. The van der Waals surface area contributed by atoms with Crippen molar-refractivity contribution in [2.45, 2.75) is 13.5 Å². The highest BCUT2D eigenvalue weighted by Crippen LogP contribution is 2.34. The summed E-state index contributed by atoms with van der Waals surface area (Å²) in [5.41, 5.74) is 4.62. The van der Waals surface area contributed by atoms with Crippen molar-refractivity contribution >= 4 is 68.9 Å². The molecule has 1 N–H and O–H groups in total. The number of halogens is 3. The van der Waals surface area contributed by atoms with Gasteiger partial charge in [0.2, 0.25) is 0 Å². The van der Waals surface area contributed by atoms with Crippen LogP contribution in [0.4, 0.5) is 0 Å². The Balaban J connectivity index is 1.39. The van der Waals surface area contributed by atoms with E-state index >= 15 is 0 Å². The zero-order valence-electron chi connectivity index (χ0n) is 18.0. The van der Waals surface area contributed by atoms with Gasteiger partial charge in [-0.2, -0.15) is 5.10 Å². The summed E-state index contributed by atoms with van der Waals surface area (Å²) >= 11 is 15.0. The van der Waals surface area contributed by atoms with Gasteiger partial charge in [-0.05, 0) is 89.2 Å². The van der Waals surface area contributed by atoms with E-state index < -0.39 is 5.91 Å². The third-order valence-corrected chi connectivity index (χ3v) is 6.00.